The van der Waals surface area contributed by atoms with Gasteiger partial charge >= 0.3 is 5.97 Å². The van der Waals surface area contributed by atoms with Crippen LogP contribution in [0.5, 0.6) is 0 Å². The molecule has 1 heterocycles. The fourth-order valence-electron chi connectivity index (χ4n) is 0.959. The SMILES string of the molecule is CCc1cc(Cl)c(Cl)nc1C(=O)O. The maximum Gasteiger partial charge on any atom is 0.354 e. The second-order valence-corrected chi connectivity index (χ2v) is 3.19. The molecule has 70 valence electrons. The Kier molecular flexibility index (Phi) is 3.12. The normalized spacial score (nSPS) is 10.1. The van der Waals surface area contributed by atoms with Crippen molar-refractivity contribution in [1.82, 2.24) is 4.98 Å². The first-order valence-corrected chi connectivity index (χ1v) is 4.40. The number of halogens is 2. The number of hydrogen-bond donors (Lipinski definition) is 1. The minimum Gasteiger partial charge on any atom is -0.477 e. The zero-order chi connectivity index (χ0) is 10.0. The Morgan fingerprint density at radius 1 is 1.62 bits per heavy atom. The van der Waals surface area contributed by atoms with Gasteiger partial charge in [0.15, 0.2) is 5.69 Å². The van der Waals surface area contributed by atoms with Gasteiger partial charge in [-0.2, -0.15) is 0 Å². The molecule has 5 heteroatoms. The summed E-state index contributed by atoms with van der Waals surface area (Å²) in [6.07, 6.45) is 0.561. The van der Waals surface area contributed by atoms with Crippen LogP contribution in [0.2, 0.25) is 10.2 Å². The molecule has 0 aromatic carbocycles. The Balaban J connectivity index is 3.33. The van der Waals surface area contributed by atoms with E-state index in [1.807, 2.05) is 6.92 Å². The summed E-state index contributed by atoms with van der Waals surface area (Å²) in [7, 11) is 0. The van der Waals surface area contributed by atoms with Gasteiger partial charge in [0.2, 0.25) is 0 Å². The van der Waals surface area contributed by atoms with Crippen LogP contribution in [0, 0.1) is 0 Å². The van der Waals surface area contributed by atoms with Crippen LogP contribution in [0.3, 0.4) is 0 Å². The Hall–Kier alpha value is -0.800. The molecule has 13 heavy (non-hydrogen) atoms. The van der Waals surface area contributed by atoms with Crippen molar-refractivity contribution in [2.24, 2.45) is 0 Å². The molecule has 0 atom stereocenters. The number of carboxylic acids is 1. The molecule has 0 unspecified atom stereocenters. The fraction of sp³-hybridized carbons (Fsp3) is 0.250. The highest BCUT2D eigenvalue weighted by molar-refractivity contribution is 6.41. The van der Waals surface area contributed by atoms with E-state index in [2.05, 4.69) is 4.98 Å². The Labute approximate surface area is 85.3 Å². The van der Waals surface area contributed by atoms with Crippen molar-refractivity contribution < 1.29 is 9.90 Å². The molecule has 3 nitrogen and oxygen atoms in total. The molecule has 0 saturated heterocycles. The van der Waals surface area contributed by atoms with Gasteiger partial charge in [0.05, 0.1) is 5.02 Å². The molecule has 0 aliphatic rings. The maximum atomic E-state index is 10.7. The van der Waals surface area contributed by atoms with Crippen LogP contribution in [-0.2, 0) is 6.42 Å². The van der Waals surface area contributed by atoms with Crippen molar-refractivity contribution in [2.75, 3.05) is 0 Å². The van der Waals surface area contributed by atoms with Gasteiger partial charge in [-0.25, -0.2) is 9.78 Å². The van der Waals surface area contributed by atoms with E-state index in [1.165, 1.54) is 6.07 Å². The molecule has 0 aliphatic heterocycles. The zero-order valence-electron chi connectivity index (χ0n) is 6.84. The quantitative estimate of drug-likeness (QED) is 0.779. The zero-order valence-corrected chi connectivity index (χ0v) is 8.35. The largest absolute Gasteiger partial charge is 0.477 e. The summed E-state index contributed by atoms with van der Waals surface area (Å²) in [4.78, 5) is 14.4. The second-order valence-electron chi connectivity index (χ2n) is 2.43. The Bertz CT molecular complexity index is 352. The number of aromatic carboxylic acids is 1. The van der Waals surface area contributed by atoms with Gasteiger partial charge in [0, 0.05) is 0 Å². The molecule has 0 fully saturated rings. The highest BCUT2D eigenvalue weighted by Crippen LogP contribution is 2.22. The van der Waals surface area contributed by atoms with Crippen molar-refractivity contribution in [2.45, 2.75) is 13.3 Å². The van der Waals surface area contributed by atoms with Gasteiger partial charge in [-0.15, -0.1) is 0 Å². The summed E-state index contributed by atoms with van der Waals surface area (Å²) < 4.78 is 0. The first kappa shape index (κ1) is 10.3. The summed E-state index contributed by atoms with van der Waals surface area (Å²) in [5.41, 5.74) is 0.554. The van der Waals surface area contributed by atoms with Crippen LogP contribution in [0.15, 0.2) is 6.07 Å². The van der Waals surface area contributed by atoms with Gasteiger partial charge in [-0.1, -0.05) is 30.1 Å². The molecular weight excluding hydrogens is 213 g/mol. The third kappa shape index (κ3) is 2.11. The Morgan fingerprint density at radius 2 is 2.23 bits per heavy atom. The van der Waals surface area contributed by atoms with Gasteiger partial charge < -0.3 is 5.11 Å². The topological polar surface area (TPSA) is 50.2 Å². The monoisotopic (exact) mass is 219 g/mol. The lowest BCUT2D eigenvalue weighted by Gasteiger charge is -2.03. The lowest BCUT2D eigenvalue weighted by molar-refractivity contribution is 0.0689. The number of carboxylic acid groups (broad SMARTS) is 1. The smallest absolute Gasteiger partial charge is 0.354 e. The highest BCUT2D eigenvalue weighted by Gasteiger charge is 2.13. The van der Waals surface area contributed by atoms with E-state index >= 15 is 0 Å². The molecule has 1 aromatic rings. The first-order chi connectivity index (χ1) is 6.06. The van der Waals surface area contributed by atoms with E-state index in [-0.39, 0.29) is 15.9 Å². The van der Waals surface area contributed by atoms with E-state index in [0.717, 1.165) is 0 Å². The average molecular weight is 220 g/mol. The van der Waals surface area contributed by atoms with Crippen LogP contribution < -0.4 is 0 Å². The molecule has 0 spiro atoms. The molecule has 1 rings (SSSR count). The van der Waals surface area contributed by atoms with Crippen LogP contribution in [0.1, 0.15) is 23.0 Å². The third-order valence-corrected chi connectivity index (χ3v) is 2.27. The van der Waals surface area contributed by atoms with Crippen LogP contribution in [0.4, 0.5) is 0 Å². The van der Waals surface area contributed by atoms with Gasteiger partial charge in [0.1, 0.15) is 5.15 Å². The summed E-state index contributed by atoms with van der Waals surface area (Å²) >= 11 is 11.3. The van der Waals surface area contributed by atoms with Crippen molar-refractivity contribution in [3.05, 3.63) is 27.5 Å². The molecular formula is C8H7Cl2NO2. The van der Waals surface area contributed by atoms with E-state index in [4.69, 9.17) is 28.3 Å². The van der Waals surface area contributed by atoms with E-state index in [1.54, 1.807) is 0 Å². The number of pyridine rings is 1. The molecule has 0 aliphatic carbocycles. The molecule has 0 bridgehead atoms. The van der Waals surface area contributed by atoms with Crippen LogP contribution >= 0.6 is 23.2 Å². The molecule has 1 N–H and O–H groups in total. The molecule has 0 radical (unpaired) electrons. The lowest BCUT2D eigenvalue weighted by Crippen LogP contribution is -2.05. The number of nitrogens with zero attached hydrogens (tertiary/aromatic N) is 1. The lowest BCUT2D eigenvalue weighted by atomic mass is 10.1. The minimum atomic E-state index is -1.09. The predicted octanol–water partition coefficient (Wildman–Crippen LogP) is 2.65. The van der Waals surface area contributed by atoms with E-state index in [9.17, 15) is 4.79 Å². The standard InChI is InChI=1S/C8H7Cl2NO2/c1-2-4-3-5(9)7(10)11-6(4)8(12)13/h3H,2H2,1H3,(H,12,13). The van der Waals surface area contributed by atoms with E-state index < -0.39 is 5.97 Å². The summed E-state index contributed by atoms with van der Waals surface area (Å²) in [6, 6.07) is 1.53. The second kappa shape index (κ2) is 3.94. The molecule has 0 amide bonds. The van der Waals surface area contributed by atoms with Crippen molar-refractivity contribution in [3.63, 3.8) is 0 Å². The van der Waals surface area contributed by atoms with E-state index in [0.29, 0.717) is 12.0 Å². The van der Waals surface area contributed by atoms with Gasteiger partial charge in [-0.3, -0.25) is 0 Å². The molecule has 1 aromatic heterocycles. The number of aryl methyl sites for hydroxylation is 1. The summed E-state index contributed by atoms with van der Waals surface area (Å²) in [5, 5.41) is 9.05. The van der Waals surface area contributed by atoms with Gasteiger partial charge in [-0.05, 0) is 18.1 Å². The predicted molar refractivity (Wildman–Crippen MR) is 50.6 cm³/mol. The minimum absolute atomic E-state index is 0.0243. The van der Waals surface area contributed by atoms with Gasteiger partial charge in [0.25, 0.3) is 0 Å². The Morgan fingerprint density at radius 3 is 2.69 bits per heavy atom. The van der Waals surface area contributed by atoms with Crippen LogP contribution in [-0.4, -0.2) is 16.1 Å². The fourth-order valence-corrected chi connectivity index (χ4v) is 1.27. The summed E-state index contributed by atoms with van der Waals surface area (Å²) in [6.45, 7) is 1.83. The number of rotatable bonds is 2. The van der Waals surface area contributed by atoms with Crippen molar-refractivity contribution >= 4 is 29.2 Å². The van der Waals surface area contributed by atoms with Crippen molar-refractivity contribution in [1.29, 1.82) is 0 Å². The maximum absolute atomic E-state index is 10.7. The van der Waals surface area contributed by atoms with Crippen LogP contribution in [0.25, 0.3) is 0 Å². The third-order valence-electron chi connectivity index (χ3n) is 1.60. The average Bonchev–Trinajstić information content (AvgIpc) is 2.08. The number of hydrogen-bond acceptors (Lipinski definition) is 2. The highest BCUT2D eigenvalue weighted by atomic mass is 35.5. The number of carbonyl (C=O) groups is 1. The van der Waals surface area contributed by atoms with Crippen molar-refractivity contribution in [3.8, 4) is 0 Å². The first-order valence-electron chi connectivity index (χ1n) is 3.64. The number of aromatic nitrogens is 1. The summed E-state index contributed by atoms with van der Waals surface area (Å²) in [5.74, 6) is -1.09. The molecule has 0 saturated carbocycles.